The molecule has 65 heavy (non-hydrogen) atoms. The van der Waals surface area contributed by atoms with E-state index in [0.29, 0.717) is 68.1 Å². The molecule has 352 valence electrons. The standard InChI is InChI=1S/C58H78O7/c1-41(15-12-20-42-16-6-4-7-17-42)22-23-48(59)58-49(60)26-32-54(3,46-25-33-55(38-46)28-10-11-29-55)51(58)47-39-53(2,57(58,63)34-24-45-36-50(61)64-40-45)27-14-31-56(52(62)65-47)30-13-21-44(37-56)35-43-18-8-5-9-19-43/h4-9,16-19,36,41,44,46-49,51,59-60,63H,10-13,15,20-26,28-35,37-40H2,1-3H3. The normalized spacial score (nSPS) is 38.4. The molecular formula is C58H78O7. The van der Waals surface area contributed by atoms with Crippen molar-refractivity contribution >= 4 is 11.9 Å². The van der Waals surface area contributed by atoms with Gasteiger partial charge in [-0.05, 0) is 155 Å². The van der Waals surface area contributed by atoms with Crippen LogP contribution in [0.1, 0.15) is 167 Å². The molecule has 5 fully saturated rings. The molecule has 2 bridgehead atoms. The lowest BCUT2D eigenvalue weighted by Gasteiger charge is -2.71. The molecule has 5 aliphatic carbocycles. The molecule has 7 nitrogen and oxygen atoms in total. The Labute approximate surface area is 389 Å². The van der Waals surface area contributed by atoms with Gasteiger partial charge in [-0.2, -0.15) is 0 Å². The van der Waals surface area contributed by atoms with E-state index < -0.39 is 51.5 Å². The SMILES string of the molecule is CC(CCCc1ccccc1)CCC(O)C12C(O)CCC(C)(C3CCC4(CCCC4)C3)C1C1CC(C)(C#CCC3(CCCC(Cc4ccccc4)C3)C(=O)O1)C2(O)CCC1=CC(=O)OC1. The van der Waals surface area contributed by atoms with Crippen molar-refractivity contribution in [2.24, 2.45) is 50.7 Å². The Bertz CT molecular complexity index is 2100. The molecule has 0 aromatic heterocycles. The van der Waals surface area contributed by atoms with Gasteiger partial charge in [-0.25, -0.2) is 4.79 Å². The van der Waals surface area contributed by atoms with E-state index in [1.807, 2.05) is 6.92 Å². The monoisotopic (exact) mass is 887 g/mol. The Hall–Kier alpha value is -3.44. The number of rotatable bonds is 14. The molecule has 7 aliphatic rings. The van der Waals surface area contributed by atoms with Crippen molar-refractivity contribution in [3.05, 3.63) is 83.4 Å². The molecule has 2 spiro atoms. The minimum atomic E-state index is -1.70. The predicted molar refractivity (Wildman–Crippen MR) is 254 cm³/mol. The van der Waals surface area contributed by atoms with Crippen LogP contribution in [0, 0.1) is 62.6 Å². The zero-order valence-electron chi connectivity index (χ0n) is 39.8. The third kappa shape index (κ3) is 8.58. The Morgan fingerprint density at radius 3 is 2.28 bits per heavy atom. The molecule has 12 atom stereocenters. The first-order valence-electron chi connectivity index (χ1n) is 26.0. The third-order valence-electron chi connectivity index (χ3n) is 19.5. The van der Waals surface area contributed by atoms with Gasteiger partial charge in [-0.1, -0.05) is 113 Å². The van der Waals surface area contributed by atoms with Gasteiger partial charge >= 0.3 is 11.9 Å². The molecule has 3 N–H and O–H groups in total. The van der Waals surface area contributed by atoms with Crippen LogP contribution in [0.3, 0.4) is 0 Å². The lowest BCUT2D eigenvalue weighted by molar-refractivity contribution is -0.338. The van der Waals surface area contributed by atoms with Gasteiger partial charge in [0, 0.05) is 24.8 Å². The lowest BCUT2D eigenvalue weighted by atomic mass is 9.35. The first kappa shape index (κ1) is 46.7. The summed E-state index contributed by atoms with van der Waals surface area (Å²) < 4.78 is 12.6. The van der Waals surface area contributed by atoms with Gasteiger partial charge in [0.05, 0.1) is 34.1 Å². The highest BCUT2D eigenvalue weighted by molar-refractivity contribution is 5.85. The molecule has 0 amide bonds. The maximum absolute atomic E-state index is 15.4. The van der Waals surface area contributed by atoms with Crippen LogP contribution in [-0.4, -0.2) is 57.8 Å². The Kier molecular flexibility index (Phi) is 13.3. The van der Waals surface area contributed by atoms with E-state index >= 15 is 4.79 Å². The summed E-state index contributed by atoms with van der Waals surface area (Å²) in [7, 11) is 0. The van der Waals surface area contributed by atoms with Crippen LogP contribution < -0.4 is 0 Å². The molecule has 7 heteroatoms. The van der Waals surface area contributed by atoms with Crippen molar-refractivity contribution in [2.45, 2.75) is 192 Å². The number of benzene rings is 2. The minimum absolute atomic E-state index is 0.174. The van der Waals surface area contributed by atoms with E-state index in [4.69, 9.17) is 9.47 Å². The average molecular weight is 887 g/mol. The number of aryl methyl sites for hydroxylation is 1. The highest BCUT2D eigenvalue weighted by Gasteiger charge is 2.78. The fourth-order valence-corrected chi connectivity index (χ4v) is 16.0. The molecular weight excluding hydrogens is 809 g/mol. The number of aliphatic hydroxyl groups excluding tert-OH is 2. The zero-order valence-corrected chi connectivity index (χ0v) is 39.8. The number of esters is 2. The quantitative estimate of drug-likeness (QED) is 0.128. The number of carbonyl (C=O) groups is 2. The van der Waals surface area contributed by atoms with Crippen LogP contribution >= 0.6 is 0 Å². The summed E-state index contributed by atoms with van der Waals surface area (Å²) in [6, 6.07) is 21.2. The third-order valence-corrected chi connectivity index (χ3v) is 19.5. The van der Waals surface area contributed by atoms with E-state index in [9.17, 15) is 20.1 Å². The van der Waals surface area contributed by atoms with Gasteiger partial charge in [0.1, 0.15) is 12.7 Å². The summed E-state index contributed by atoms with van der Waals surface area (Å²) in [6.45, 7) is 6.86. The fourth-order valence-electron chi connectivity index (χ4n) is 16.0. The maximum Gasteiger partial charge on any atom is 0.331 e. The Balaban J connectivity index is 1.13. The second-order valence-corrected chi connectivity index (χ2v) is 23.4. The molecule has 2 aliphatic heterocycles. The van der Waals surface area contributed by atoms with Crippen LogP contribution in [-0.2, 0) is 31.9 Å². The predicted octanol–water partition coefficient (Wildman–Crippen LogP) is 11.1. The van der Waals surface area contributed by atoms with Crippen molar-refractivity contribution < 1.29 is 34.4 Å². The molecule has 2 heterocycles. The van der Waals surface area contributed by atoms with E-state index in [-0.39, 0.29) is 25.0 Å². The first-order valence-corrected chi connectivity index (χ1v) is 26.0. The largest absolute Gasteiger partial charge is 0.462 e. The number of aliphatic hydroxyl groups is 3. The number of hydrogen-bond acceptors (Lipinski definition) is 7. The van der Waals surface area contributed by atoms with E-state index in [0.717, 1.165) is 69.8 Å². The second-order valence-electron chi connectivity index (χ2n) is 23.4. The van der Waals surface area contributed by atoms with Crippen LogP contribution in [0.4, 0.5) is 0 Å². The zero-order chi connectivity index (χ0) is 45.5. The number of fused-ring (bicyclic) bond motifs is 4. The first-order chi connectivity index (χ1) is 31.2. The summed E-state index contributed by atoms with van der Waals surface area (Å²) >= 11 is 0. The summed E-state index contributed by atoms with van der Waals surface area (Å²) in [5.41, 5.74) is -1.78. The van der Waals surface area contributed by atoms with Crippen molar-refractivity contribution in [1.82, 2.24) is 0 Å². The molecule has 0 saturated heterocycles. The van der Waals surface area contributed by atoms with Crippen molar-refractivity contribution in [3.8, 4) is 11.8 Å². The Morgan fingerprint density at radius 2 is 1.55 bits per heavy atom. The van der Waals surface area contributed by atoms with E-state index in [1.165, 1.54) is 43.2 Å². The second kappa shape index (κ2) is 18.6. The van der Waals surface area contributed by atoms with Crippen molar-refractivity contribution in [3.63, 3.8) is 0 Å². The van der Waals surface area contributed by atoms with Crippen LogP contribution in [0.25, 0.3) is 0 Å². The summed E-state index contributed by atoms with van der Waals surface area (Å²) in [5.74, 6) is 7.16. The molecule has 2 aromatic carbocycles. The van der Waals surface area contributed by atoms with Gasteiger partial charge in [0.25, 0.3) is 0 Å². The Morgan fingerprint density at radius 1 is 0.815 bits per heavy atom. The van der Waals surface area contributed by atoms with Gasteiger partial charge in [-0.3, -0.25) is 4.79 Å². The highest BCUT2D eigenvalue weighted by Crippen LogP contribution is 2.73. The lowest BCUT2D eigenvalue weighted by Crippen LogP contribution is -2.79. The fraction of sp³-hybridized carbons (Fsp3) is 0.690. The van der Waals surface area contributed by atoms with Crippen LogP contribution in [0.5, 0.6) is 0 Å². The summed E-state index contributed by atoms with van der Waals surface area (Å²) in [4.78, 5) is 27.9. The molecule has 12 unspecified atom stereocenters. The number of ether oxygens (including phenoxy) is 2. The van der Waals surface area contributed by atoms with Gasteiger partial charge in [0.2, 0.25) is 0 Å². The topological polar surface area (TPSA) is 113 Å². The smallest absolute Gasteiger partial charge is 0.331 e. The van der Waals surface area contributed by atoms with Crippen molar-refractivity contribution in [2.75, 3.05) is 6.61 Å². The number of hydrogen-bond donors (Lipinski definition) is 3. The van der Waals surface area contributed by atoms with Crippen LogP contribution in [0.2, 0.25) is 0 Å². The minimum Gasteiger partial charge on any atom is -0.462 e. The van der Waals surface area contributed by atoms with Crippen LogP contribution in [0.15, 0.2) is 72.3 Å². The van der Waals surface area contributed by atoms with Gasteiger partial charge in [0.15, 0.2) is 0 Å². The van der Waals surface area contributed by atoms with E-state index in [2.05, 4.69) is 86.4 Å². The maximum atomic E-state index is 15.4. The van der Waals surface area contributed by atoms with Gasteiger partial charge < -0.3 is 24.8 Å². The highest BCUT2D eigenvalue weighted by atomic mass is 16.5. The summed E-state index contributed by atoms with van der Waals surface area (Å²) in [6.07, 6.45) is 18.1. The molecule has 5 saturated carbocycles. The van der Waals surface area contributed by atoms with Gasteiger partial charge in [-0.15, -0.1) is 5.92 Å². The molecule has 0 radical (unpaired) electrons. The van der Waals surface area contributed by atoms with E-state index in [1.54, 1.807) is 6.08 Å². The number of carbonyl (C=O) groups excluding carboxylic acids is 2. The van der Waals surface area contributed by atoms with Crippen molar-refractivity contribution in [1.29, 1.82) is 0 Å². The summed E-state index contributed by atoms with van der Waals surface area (Å²) in [5, 5.41) is 41.1. The average Bonchev–Trinajstić information content (AvgIpc) is 4.07. The molecule has 2 aromatic rings. The number of cyclic esters (lactones) is 1. The molecule has 9 rings (SSSR count).